The first-order valence-electron chi connectivity index (χ1n) is 9.37. The van der Waals surface area contributed by atoms with Gasteiger partial charge in [0, 0.05) is 12.5 Å². The van der Waals surface area contributed by atoms with Gasteiger partial charge in [0.05, 0.1) is 5.69 Å². The Bertz CT molecular complexity index is 1180. The summed E-state index contributed by atoms with van der Waals surface area (Å²) in [5.74, 6) is -0.987. The van der Waals surface area contributed by atoms with Gasteiger partial charge in [-0.15, -0.1) is 0 Å². The first kappa shape index (κ1) is 20.2. The molecule has 1 aromatic heterocycles. The number of aryl methyl sites for hydroxylation is 1. The van der Waals surface area contributed by atoms with E-state index in [4.69, 9.17) is 4.52 Å². The fourth-order valence-corrected chi connectivity index (χ4v) is 3.35. The minimum atomic E-state index is -1.40. The highest BCUT2D eigenvalue weighted by Gasteiger charge is 2.49. The molecular weight excluding hydrogens is 405 g/mol. The Kier molecular flexibility index (Phi) is 4.97. The van der Waals surface area contributed by atoms with Crippen molar-refractivity contribution in [2.45, 2.75) is 19.4 Å². The molecule has 9 nitrogen and oxygen atoms in total. The van der Waals surface area contributed by atoms with Gasteiger partial charge in [-0.25, -0.2) is 9.18 Å². The molecule has 1 saturated heterocycles. The van der Waals surface area contributed by atoms with E-state index in [2.05, 4.69) is 20.8 Å². The fraction of sp³-hybridized carbons (Fsp3) is 0.190. The lowest BCUT2D eigenvalue weighted by Gasteiger charge is -2.22. The second kappa shape index (κ2) is 7.63. The van der Waals surface area contributed by atoms with Crippen LogP contribution in [-0.4, -0.2) is 39.4 Å². The molecule has 1 fully saturated rings. The lowest BCUT2D eigenvalue weighted by molar-refractivity contribution is -0.133. The number of carbonyl (C=O) groups is 3. The predicted molar refractivity (Wildman–Crippen MR) is 107 cm³/mol. The average molecular weight is 423 g/mol. The quantitative estimate of drug-likeness (QED) is 0.609. The highest BCUT2D eigenvalue weighted by Crippen LogP contribution is 2.29. The van der Waals surface area contributed by atoms with Crippen molar-refractivity contribution in [3.05, 3.63) is 65.8 Å². The van der Waals surface area contributed by atoms with Gasteiger partial charge in [-0.2, -0.15) is 4.98 Å². The van der Waals surface area contributed by atoms with Crippen LogP contribution in [0.5, 0.6) is 0 Å². The number of hydrogen-bond donors (Lipinski definition) is 2. The van der Waals surface area contributed by atoms with Crippen molar-refractivity contribution in [1.82, 2.24) is 20.4 Å². The van der Waals surface area contributed by atoms with Crippen LogP contribution in [-0.2, 0) is 15.1 Å². The van der Waals surface area contributed by atoms with Gasteiger partial charge in [-0.3, -0.25) is 14.5 Å². The molecule has 2 aromatic carbocycles. The Labute approximate surface area is 176 Å². The molecule has 31 heavy (non-hydrogen) atoms. The van der Waals surface area contributed by atoms with E-state index in [1.807, 2.05) is 0 Å². The molecule has 0 saturated carbocycles. The summed E-state index contributed by atoms with van der Waals surface area (Å²) in [6, 6.07) is 11.3. The summed E-state index contributed by atoms with van der Waals surface area (Å²) in [6.45, 7) is 2.65. The van der Waals surface area contributed by atoms with Crippen LogP contribution < -0.4 is 10.6 Å². The first-order chi connectivity index (χ1) is 14.8. The summed E-state index contributed by atoms with van der Waals surface area (Å²) in [5.41, 5.74) is -0.0545. The van der Waals surface area contributed by atoms with Crippen molar-refractivity contribution in [2.24, 2.45) is 0 Å². The number of imide groups is 1. The third-order valence-electron chi connectivity index (χ3n) is 4.97. The van der Waals surface area contributed by atoms with E-state index in [1.165, 1.54) is 31.2 Å². The van der Waals surface area contributed by atoms with Gasteiger partial charge in [-0.05, 0) is 36.8 Å². The van der Waals surface area contributed by atoms with E-state index in [1.54, 1.807) is 31.2 Å². The maximum absolute atomic E-state index is 13.2. The fourth-order valence-electron chi connectivity index (χ4n) is 3.35. The lowest BCUT2D eigenvalue weighted by Crippen LogP contribution is -2.42. The largest absolute Gasteiger partial charge is 0.339 e. The molecule has 1 unspecified atom stereocenters. The van der Waals surface area contributed by atoms with Crippen LogP contribution >= 0.6 is 0 Å². The van der Waals surface area contributed by atoms with Crippen LogP contribution in [0.15, 0.2) is 53.1 Å². The average Bonchev–Trinajstić information content (AvgIpc) is 3.26. The number of amides is 4. The van der Waals surface area contributed by atoms with E-state index in [-0.39, 0.29) is 0 Å². The van der Waals surface area contributed by atoms with Crippen LogP contribution in [0.4, 0.5) is 14.9 Å². The number of para-hydroxylation sites is 1. The third-order valence-corrected chi connectivity index (χ3v) is 4.97. The maximum Gasteiger partial charge on any atom is 0.325 e. The molecule has 0 radical (unpaired) electrons. The van der Waals surface area contributed by atoms with Gasteiger partial charge in [-0.1, -0.05) is 29.4 Å². The van der Waals surface area contributed by atoms with Crippen LogP contribution in [0.1, 0.15) is 18.4 Å². The Balaban J connectivity index is 1.51. The Hall–Kier alpha value is -4.08. The second-order valence-electron chi connectivity index (χ2n) is 7.18. The van der Waals surface area contributed by atoms with Crippen LogP contribution in [0.3, 0.4) is 0 Å². The predicted octanol–water partition coefficient (Wildman–Crippen LogP) is 2.59. The molecule has 4 rings (SSSR count). The molecule has 2 heterocycles. The molecule has 4 amide bonds. The van der Waals surface area contributed by atoms with Gasteiger partial charge < -0.3 is 15.2 Å². The number of hydrogen-bond acceptors (Lipinski definition) is 6. The standard InChI is InChI=1S/C21H18FN5O4/c1-12-23-18(26-31-12)15-5-3-4-6-16(15)24-17(28)11-27-19(29)21(2,25-20(27)30)13-7-9-14(22)10-8-13/h3-10H,11H2,1-2H3,(H,24,28)(H,25,30). The third kappa shape index (κ3) is 3.75. The van der Waals surface area contributed by atoms with E-state index < -0.39 is 35.7 Å². The van der Waals surface area contributed by atoms with Gasteiger partial charge in [0.25, 0.3) is 5.91 Å². The van der Waals surface area contributed by atoms with Gasteiger partial charge >= 0.3 is 6.03 Å². The highest BCUT2D eigenvalue weighted by atomic mass is 19.1. The van der Waals surface area contributed by atoms with E-state index >= 15 is 0 Å². The number of nitrogens with zero attached hydrogens (tertiary/aromatic N) is 3. The summed E-state index contributed by atoms with van der Waals surface area (Å²) in [7, 11) is 0. The van der Waals surface area contributed by atoms with Crippen molar-refractivity contribution in [3.63, 3.8) is 0 Å². The second-order valence-corrected chi connectivity index (χ2v) is 7.18. The number of benzene rings is 2. The normalized spacial score (nSPS) is 18.2. The van der Waals surface area contributed by atoms with E-state index in [0.717, 1.165) is 4.90 Å². The summed E-state index contributed by atoms with van der Waals surface area (Å²) in [5, 5.41) is 9.10. The van der Waals surface area contributed by atoms with Crippen molar-refractivity contribution < 1.29 is 23.3 Å². The number of carbonyl (C=O) groups excluding carboxylic acids is 3. The van der Waals surface area contributed by atoms with Gasteiger partial charge in [0.2, 0.25) is 17.6 Å². The molecule has 1 aliphatic rings. The summed E-state index contributed by atoms with van der Waals surface area (Å²) in [6.07, 6.45) is 0. The first-order valence-corrected chi connectivity index (χ1v) is 9.37. The minimum Gasteiger partial charge on any atom is -0.339 e. The summed E-state index contributed by atoms with van der Waals surface area (Å²) >= 11 is 0. The molecule has 0 aliphatic carbocycles. The summed E-state index contributed by atoms with van der Waals surface area (Å²) < 4.78 is 18.2. The number of halogens is 1. The Morgan fingerprint density at radius 1 is 1.19 bits per heavy atom. The monoisotopic (exact) mass is 423 g/mol. The van der Waals surface area contributed by atoms with Gasteiger partial charge in [0.15, 0.2) is 0 Å². The van der Waals surface area contributed by atoms with E-state index in [0.29, 0.717) is 28.5 Å². The Morgan fingerprint density at radius 2 is 1.90 bits per heavy atom. The number of aromatic nitrogens is 2. The summed E-state index contributed by atoms with van der Waals surface area (Å²) in [4.78, 5) is 43.0. The van der Waals surface area contributed by atoms with Crippen LogP contribution in [0.2, 0.25) is 0 Å². The van der Waals surface area contributed by atoms with E-state index in [9.17, 15) is 18.8 Å². The number of rotatable bonds is 5. The highest BCUT2D eigenvalue weighted by molar-refractivity contribution is 6.10. The molecule has 0 bridgehead atoms. The topological polar surface area (TPSA) is 117 Å². The zero-order valence-electron chi connectivity index (χ0n) is 16.7. The number of urea groups is 1. The molecule has 3 aromatic rings. The van der Waals surface area contributed by atoms with Crippen LogP contribution in [0.25, 0.3) is 11.4 Å². The molecule has 1 atom stereocenters. The SMILES string of the molecule is Cc1nc(-c2ccccc2NC(=O)CN2C(=O)NC(C)(c3ccc(F)cc3)C2=O)no1. The number of nitrogens with one attached hydrogen (secondary N) is 2. The molecule has 10 heteroatoms. The number of anilines is 1. The Morgan fingerprint density at radius 3 is 2.58 bits per heavy atom. The smallest absolute Gasteiger partial charge is 0.325 e. The zero-order chi connectivity index (χ0) is 22.2. The molecule has 1 aliphatic heterocycles. The lowest BCUT2D eigenvalue weighted by atomic mass is 9.92. The minimum absolute atomic E-state index is 0.298. The molecule has 2 N–H and O–H groups in total. The molecular formula is C21H18FN5O4. The maximum atomic E-state index is 13.2. The van der Waals surface area contributed by atoms with Gasteiger partial charge in [0.1, 0.15) is 17.9 Å². The van der Waals surface area contributed by atoms with Crippen molar-refractivity contribution in [3.8, 4) is 11.4 Å². The van der Waals surface area contributed by atoms with Crippen molar-refractivity contribution >= 4 is 23.5 Å². The van der Waals surface area contributed by atoms with Crippen molar-refractivity contribution in [2.75, 3.05) is 11.9 Å². The van der Waals surface area contributed by atoms with Crippen molar-refractivity contribution in [1.29, 1.82) is 0 Å². The van der Waals surface area contributed by atoms with Crippen LogP contribution in [0, 0.1) is 12.7 Å². The molecule has 0 spiro atoms. The zero-order valence-corrected chi connectivity index (χ0v) is 16.7. The molecule has 158 valence electrons.